The second kappa shape index (κ2) is 7.47. The van der Waals surface area contributed by atoms with Gasteiger partial charge >= 0.3 is 17.8 Å². The van der Waals surface area contributed by atoms with E-state index in [0.717, 1.165) is 35.5 Å². The molecule has 7 heteroatoms. The Hall–Kier alpha value is -2.02. The van der Waals surface area contributed by atoms with Gasteiger partial charge in [-0.1, -0.05) is 27.6 Å². The van der Waals surface area contributed by atoms with E-state index in [1.54, 1.807) is 0 Å². The average Bonchev–Trinajstić information content (AvgIpc) is 2.81. The third-order valence-electron chi connectivity index (χ3n) is 4.51. The van der Waals surface area contributed by atoms with Crippen LogP contribution >= 0.6 is 15.9 Å². The monoisotopic (exact) mass is 408 g/mol. The smallest absolute Gasteiger partial charge is 0.263 e. The van der Waals surface area contributed by atoms with Crippen LogP contribution in [0.15, 0.2) is 34.3 Å². The molecule has 0 unspecified atom stereocenters. The zero-order valence-electron chi connectivity index (χ0n) is 13.6. The van der Waals surface area contributed by atoms with Gasteiger partial charge in [0.05, 0.1) is 6.54 Å². The van der Waals surface area contributed by atoms with Gasteiger partial charge < -0.3 is 0 Å². The highest BCUT2D eigenvalue weighted by atomic mass is 79.9. The Bertz CT molecular complexity index is 763. The van der Waals surface area contributed by atoms with Gasteiger partial charge in [0.25, 0.3) is 0 Å². The molecule has 1 heterocycles. The first-order valence-electron chi connectivity index (χ1n) is 8.26. The zero-order valence-corrected chi connectivity index (χ0v) is 15.2. The Labute approximate surface area is 153 Å². The summed E-state index contributed by atoms with van der Waals surface area (Å²) in [6, 6.07) is 3.60. The lowest BCUT2D eigenvalue weighted by atomic mass is 9.97. The van der Waals surface area contributed by atoms with Crippen molar-refractivity contribution in [3.63, 3.8) is 0 Å². The average molecular weight is 409 g/mol. The molecule has 0 N–H and O–H groups in total. The lowest BCUT2D eigenvalue weighted by Crippen LogP contribution is -2.34. The number of urea groups is 1. The van der Waals surface area contributed by atoms with Crippen LogP contribution in [0.3, 0.4) is 0 Å². The van der Waals surface area contributed by atoms with E-state index in [2.05, 4.69) is 22.0 Å². The molecule has 132 valence electrons. The van der Waals surface area contributed by atoms with E-state index in [-0.39, 0.29) is 18.7 Å². The Balaban J connectivity index is 1.70. The van der Waals surface area contributed by atoms with Crippen LogP contribution in [0.1, 0.15) is 37.7 Å². The van der Waals surface area contributed by atoms with Crippen LogP contribution in [-0.4, -0.2) is 34.2 Å². The van der Waals surface area contributed by atoms with Gasteiger partial charge in [0.15, 0.2) is 0 Å². The van der Waals surface area contributed by atoms with E-state index in [9.17, 15) is 18.8 Å². The van der Waals surface area contributed by atoms with Gasteiger partial charge in [0.1, 0.15) is 5.82 Å². The van der Waals surface area contributed by atoms with Crippen LogP contribution in [0.25, 0.3) is 0 Å². The molecule has 0 atom stereocenters. The molecular weight excluding hydrogens is 391 g/mol. The minimum atomic E-state index is -0.901. The van der Waals surface area contributed by atoms with Crippen LogP contribution in [0.4, 0.5) is 9.18 Å². The minimum absolute atomic E-state index is 0.181. The van der Waals surface area contributed by atoms with Crippen molar-refractivity contribution in [2.75, 3.05) is 6.54 Å². The summed E-state index contributed by atoms with van der Waals surface area (Å²) in [7, 11) is 0. The number of carbonyl (C=O) groups is 3. The molecule has 1 fully saturated rings. The van der Waals surface area contributed by atoms with Crippen molar-refractivity contribution in [3.8, 4) is 0 Å². The van der Waals surface area contributed by atoms with Crippen LogP contribution < -0.4 is 0 Å². The van der Waals surface area contributed by atoms with Crippen LogP contribution in [0.5, 0.6) is 0 Å². The Morgan fingerprint density at radius 3 is 2.56 bits per heavy atom. The normalized spacial score (nSPS) is 18.2. The fraction of sp³-hybridized carbons (Fsp3) is 0.389. The summed E-state index contributed by atoms with van der Waals surface area (Å²) in [5.74, 6) is -2.26. The van der Waals surface area contributed by atoms with Crippen LogP contribution in [0.2, 0.25) is 0 Å². The molecule has 2 aliphatic rings. The number of halogens is 2. The third-order valence-corrected chi connectivity index (χ3v) is 5.01. The largest absolute Gasteiger partial charge is 0.334 e. The number of hydrogen-bond acceptors (Lipinski definition) is 3. The summed E-state index contributed by atoms with van der Waals surface area (Å²) in [6.45, 7) is -0.0689. The second-order valence-electron chi connectivity index (χ2n) is 6.22. The SMILES string of the molecule is O=C1C(=O)N(Cc2cc(Br)ccc2F)C(=O)N1CCC1=CCCCC1. The topological polar surface area (TPSA) is 57.7 Å². The predicted molar refractivity (Wildman–Crippen MR) is 92.9 cm³/mol. The molecule has 0 spiro atoms. The summed E-state index contributed by atoms with van der Waals surface area (Å²) in [6.07, 6.45) is 6.99. The zero-order chi connectivity index (χ0) is 18.0. The molecule has 1 aromatic carbocycles. The highest BCUT2D eigenvalue weighted by molar-refractivity contribution is 9.10. The van der Waals surface area contributed by atoms with Crippen molar-refractivity contribution >= 4 is 33.8 Å². The predicted octanol–water partition coefficient (Wildman–Crippen LogP) is 3.77. The number of imide groups is 2. The molecular formula is C18H18BrFN2O3. The highest BCUT2D eigenvalue weighted by Crippen LogP contribution is 2.24. The van der Waals surface area contributed by atoms with Gasteiger partial charge in [-0.25, -0.2) is 9.18 Å². The number of benzene rings is 1. The summed E-state index contributed by atoms with van der Waals surface area (Å²) < 4.78 is 14.5. The molecule has 4 amide bonds. The Morgan fingerprint density at radius 1 is 1.08 bits per heavy atom. The number of allylic oxidation sites excluding steroid dienone is 1. The molecule has 5 nitrogen and oxygen atoms in total. The maximum absolute atomic E-state index is 13.9. The quantitative estimate of drug-likeness (QED) is 0.423. The van der Waals surface area contributed by atoms with Gasteiger partial charge in [-0.05, 0) is 50.3 Å². The molecule has 0 aromatic heterocycles. The fourth-order valence-corrected chi connectivity index (χ4v) is 3.52. The summed E-state index contributed by atoms with van der Waals surface area (Å²) in [5.41, 5.74) is 1.40. The van der Waals surface area contributed by atoms with Gasteiger partial charge in [0, 0.05) is 16.6 Å². The molecule has 1 saturated heterocycles. The molecule has 1 aliphatic carbocycles. The number of rotatable bonds is 5. The van der Waals surface area contributed by atoms with E-state index in [4.69, 9.17) is 0 Å². The standard InChI is InChI=1S/C18H18BrFN2O3/c19-14-6-7-15(20)13(10-14)11-22-17(24)16(23)21(18(22)25)9-8-12-4-2-1-3-5-12/h4,6-7,10H,1-3,5,8-9,11H2. The van der Waals surface area contributed by atoms with Gasteiger partial charge in [0.2, 0.25) is 0 Å². The maximum atomic E-state index is 13.9. The second-order valence-corrected chi connectivity index (χ2v) is 7.14. The summed E-state index contributed by atoms with van der Waals surface area (Å²) in [4.78, 5) is 38.5. The molecule has 1 aromatic rings. The van der Waals surface area contributed by atoms with Gasteiger partial charge in [-0.3, -0.25) is 19.4 Å². The molecule has 0 bridgehead atoms. The van der Waals surface area contributed by atoms with Crippen molar-refractivity contribution in [2.24, 2.45) is 0 Å². The van der Waals surface area contributed by atoms with Crippen molar-refractivity contribution in [3.05, 3.63) is 45.7 Å². The molecule has 0 saturated carbocycles. The van der Waals surface area contributed by atoms with E-state index >= 15 is 0 Å². The third kappa shape index (κ3) is 3.81. The van der Waals surface area contributed by atoms with Gasteiger partial charge in [-0.15, -0.1) is 0 Å². The molecule has 0 radical (unpaired) electrons. The lowest BCUT2D eigenvalue weighted by molar-refractivity contribution is -0.143. The number of carbonyl (C=O) groups excluding carboxylic acids is 3. The number of nitrogens with zero attached hydrogens (tertiary/aromatic N) is 2. The molecule has 25 heavy (non-hydrogen) atoms. The van der Waals surface area contributed by atoms with Crippen molar-refractivity contribution in [1.82, 2.24) is 9.80 Å². The molecule has 3 rings (SSSR count). The van der Waals surface area contributed by atoms with E-state index in [0.29, 0.717) is 10.9 Å². The summed E-state index contributed by atoms with van der Waals surface area (Å²) in [5, 5.41) is 0. The van der Waals surface area contributed by atoms with E-state index in [1.165, 1.54) is 23.8 Å². The van der Waals surface area contributed by atoms with Crippen LogP contribution in [0, 0.1) is 5.82 Å². The highest BCUT2D eigenvalue weighted by Gasteiger charge is 2.44. The first-order chi connectivity index (χ1) is 12.0. The maximum Gasteiger partial charge on any atom is 0.334 e. The van der Waals surface area contributed by atoms with Gasteiger partial charge in [-0.2, -0.15) is 0 Å². The molecule has 1 aliphatic heterocycles. The first kappa shape index (κ1) is 17.8. The lowest BCUT2D eigenvalue weighted by Gasteiger charge is -2.18. The van der Waals surface area contributed by atoms with E-state index < -0.39 is 23.7 Å². The van der Waals surface area contributed by atoms with Crippen molar-refractivity contribution in [1.29, 1.82) is 0 Å². The number of hydrogen-bond donors (Lipinski definition) is 0. The van der Waals surface area contributed by atoms with Crippen LogP contribution in [-0.2, 0) is 16.1 Å². The van der Waals surface area contributed by atoms with E-state index in [1.807, 2.05) is 0 Å². The van der Waals surface area contributed by atoms with Crippen molar-refractivity contribution in [2.45, 2.75) is 38.6 Å². The minimum Gasteiger partial charge on any atom is -0.263 e. The summed E-state index contributed by atoms with van der Waals surface area (Å²) >= 11 is 3.23. The Morgan fingerprint density at radius 2 is 1.84 bits per heavy atom. The van der Waals surface area contributed by atoms with Crippen molar-refractivity contribution < 1.29 is 18.8 Å². The first-order valence-corrected chi connectivity index (χ1v) is 9.06. The number of amides is 4. The Kier molecular flexibility index (Phi) is 5.32. The fourth-order valence-electron chi connectivity index (χ4n) is 3.11.